The summed E-state index contributed by atoms with van der Waals surface area (Å²) in [6.45, 7) is 13.1. The summed E-state index contributed by atoms with van der Waals surface area (Å²) in [6, 6.07) is 4.75. The van der Waals surface area contributed by atoms with Gasteiger partial charge < -0.3 is 0 Å². The standard InChI is InChI=1S/C14H24N2/c1-9-7-12(14(4,5)6)8-10(2)13(9)11(3)16-15/h7-8,11,16H,15H2,1-6H3. The van der Waals surface area contributed by atoms with E-state index in [2.05, 4.69) is 59.1 Å². The first-order valence-corrected chi connectivity index (χ1v) is 5.85. The highest BCUT2D eigenvalue weighted by Gasteiger charge is 2.17. The Labute approximate surface area is 99.2 Å². The van der Waals surface area contributed by atoms with E-state index >= 15 is 0 Å². The van der Waals surface area contributed by atoms with Gasteiger partial charge in [0.15, 0.2) is 0 Å². The monoisotopic (exact) mass is 220 g/mol. The molecule has 0 saturated carbocycles. The van der Waals surface area contributed by atoms with Crippen LogP contribution >= 0.6 is 0 Å². The maximum atomic E-state index is 5.52. The molecular weight excluding hydrogens is 196 g/mol. The topological polar surface area (TPSA) is 38.0 Å². The van der Waals surface area contributed by atoms with Crippen molar-refractivity contribution in [3.8, 4) is 0 Å². The van der Waals surface area contributed by atoms with Crippen LogP contribution in [0.3, 0.4) is 0 Å². The summed E-state index contributed by atoms with van der Waals surface area (Å²) < 4.78 is 0. The Morgan fingerprint density at radius 1 is 1.12 bits per heavy atom. The number of hydrogen-bond acceptors (Lipinski definition) is 2. The van der Waals surface area contributed by atoms with Crippen molar-refractivity contribution in [2.45, 2.75) is 53.0 Å². The van der Waals surface area contributed by atoms with Gasteiger partial charge in [-0.2, -0.15) is 0 Å². The van der Waals surface area contributed by atoms with E-state index in [1.807, 2.05) is 0 Å². The van der Waals surface area contributed by atoms with Gasteiger partial charge in [-0.25, -0.2) is 0 Å². The first-order valence-electron chi connectivity index (χ1n) is 5.85. The fourth-order valence-electron chi connectivity index (χ4n) is 2.17. The van der Waals surface area contributed by atoms with Crippen molar-refractivity contribution in [1.82, 2.24) is 5.43 Å². The molecule has 1 aromatic carbocycles. The Hall–Kier alpha value is -0.860. The second kappa shape index (κ2) is 4.56. The van der Waals surface area contributed by atoms with Crippen LogP contribution in [-0.4, -0.2) is 0 Å². The number of nitrogens with one attached hydrogen (secondary N) is 1. The highest BCUT2D eigenvalue weighted by molar-refractivity contribution is 5.41. The van der Waals surface area contributed by atoms with Gasteiger partial charge in [0.25, 0.3) is 0 Å². The van der Waals surface area contributed by atoms with Crippen LogP contribution in [0.2, 0.25) is 0 Å². The maximum absolute atomic E-state index is 5.52. The van der Waals surface area contributed by atoms with E-state index < -0.39 is 0 Å². The average Bonchev–Trinajstić information content (AvgIpc) is 2.14. The number of hydrogen-bond donors (Lipinski definition) is 2. The van der Waals surface area contributed by atoms with Gasteiger partial charge in [-0.1, -0.05) is 32.9 Å². The zero-order valence-electron chi connectivity index (χ0n) is 11.3. The molecule has 1 aromatic rings. The first kappa shape index (κ1) is 13.2. The molecule has 0 aliphatic rings. The van der Waals surface area contributed by atoms with Crippen LogP contribution in [0, 0.1) is 13.8 Å². The van der Waals surface area contributed by atoms with Gasteiger partial charge in [0.2, 0.25) is 0 Å². The summed E-state index contributed by atoms with van der Waals surface area (Å²) in [5.41, 5.74) is 8.35. The smallest absolute Gasteiger partial charge is 0.0437 e. The molecule has 0 bridgehead atoms. The lowest BCUT2D eigenvalue weighted by atomic mass is 9.83. The van der Waals surface area contributed by atoms with Crippen molar-refractivity contribution in [2.75, 3.05) is 0 Å². The first-order chi connectivity index (χ1) is 7.27. The second-order valence-corrected chi connectivity index (χ2v) is 5.66. The molecule has 2 heteroatoms. The maximum Gasteiger partial charge on any atom is 0.0437 e. The van der Waals surface area contributed by atoms with Crippen LogP contribution in [-0.2, 0) is 5.41 Å². The Kier molecular flexibility index (Phi) is 3.76. The van der Waals surface area contributed by atoms with E-state index in [0.717, 1.165) is 0 Å². The molecule has 0 saturated heterocycles. The Bertz CT molecular complexity index is 352. The summed E-state index contributed by atoms with van der Waals surface area (Å²) in [5.74, 6) is 5.52. The molecule has 90 valence electrons. The van der Waals surface area contributed by atoms with Crippen molar-refractivity contribution < 1.29 is 0 Å². The third kappa shape index (κ3) is 2.63. The van der Waals surface area contributed by atoms with Crippen LogP contribution in [0.1, 0.15) is 56.0 Å². The highest BCUT2D eigenvalue weighted by atomic mass is 15.2. The Balaban J connectivity index is 3.28. The molecule has 3 N–H and O–H groups in total. The van der Waals surface area contributed by atoms with Crippen molar-refractivity contribution >= 4 is 0 Å². The predicted molar refractivity (Wildman–Crippen MR) is 70.4 cm³/mol. The SMILES string of the molecule is Cc1cc(C(C)(C)C)cc(C)c1C(C)NN. The lowest BCUT2D eigenvalue weighted by Crippen LogP contribution is -2.27. The molecule has 1 atom stereocenters. The van der Waals surface area contributed by atoms with Crippen molar-refractivity contribution in [3.05, 3.63) is 34.4 Å². The summed E-state index contributed by atoms with van der Waals surface area (Å²) in [5, 5.41) is 0. The molecule has 0 fully saturated rings. The third-order valence-corrected chi connectivity index (χ3v) is 3.14. The normalized spacial score (nSPS) is 13.9. The van der Waals surface area contributed by atoms with Crippen molar-refractivity contribution in [2.24, 2.45) is 5.84 Å². The van der Waals surface area contributed by atoms with E-state index in [-0.39, 0.29) is 11.5 Å². The van der Waals surface area contributed by atoms with Gasteiger partial charge in [0.05, 0.1) is 0 Å². The molecular formula is C14H24N2. The zero-order valence-corrected chi connectivity index (χ0v) is 11.3. The molecule has 0 aliphatic carbocycles. The Morgan fingerprint density at radius 2 is 1.56 bits per heavy atom. The molecule has 1 unspecified atom stereocenters. The third-order valence-electron chi connectivity index (χ3n) is 3.14. The van der Waals surface area contributed by atoms with E-state index in [0.29, 0.717) is 0 Å². The summed E-state index contributed by atoms with van der Waals surface area (Å²) in [6.07, 6.45) is 0. The summed E-state index contributed by atoms with van der Waals surface area (Å²) >= 11 is 0. The number of aryl methyl sites for hydroxylation is 2. The number of hydrazine groups is 1. The quantitative estimate of drug-likeness (QED) is 0.593. The van der Waals surface area contributed by atoms with E-state index in [1.165, 1.54) is 22.3 Å². The van der Waals surface area contributed by atoms with Gasteiger partial charge in [0.1, 0.15) is 0 Å². The largest absolute Gasteiger partial charge is 0.271 e. The van der Waals surface area contributed by atoms with Crippen LogP contribution in [0.5, 0.6) is 0 Å². The molecule has 0 amide bonds. The van der Waals surface area contributed by atoms with Gasteiger partial charge in [-0.3, -0.25) is 11.3 Å². The Morgan fingerprint density at radius 3 is 1.88 bits per heavy atom. The van der Waals surface area contributed by atoms with E-state index in [4.69, 9.17) is 5.84 Å². The second-order valence-electron chi connectivity index (χ2n) is 5.66. The average molecular weight is 220 g/mol. The lowest BCUT2D eigenvalue weighted by molar-refractivity contribution is 0.579. The van der Waals surface area contributed by atoms with Crippen molar-refractivity contribution in [3.63, 3.8) is 0 Å². The minimum atomic E-state index is 0.202. The predicted octanol–water partition coefficient (Wildman–Crippen LogP) is 3.13. The molecule has 0 radical (unpaired) electrons. The number of rotatable bonds is 2. The van der Waals surface area contributed by atoms with E-state index in [1.54, 1.807) is 0 Å². The van der Waals surface area contributed by atoms with Crippen LogP contribution < -0.4 is 11.3 Å². The molecule has 1 rings (SSSR count). The molecule has 0 aromatic heterocycles. The van der Waals surface area contributed by atoms with Gasteiger partial charge in [-0.15, -0.1) is 0 Å². The highest BCUT2D eigenvalue weighted by Crippen LogP contribution is 2.29. The van der Waals surface area contributed by atoms with E-state index in [9.17, 15) is 0 Å². The number of nitrogens with two attached hydrogens (primary N) is 1. The van der Waals surface area contributed by atoms with Crippen molar-refractivity contribution in [1.29, 1.82) is 0 Å². The molecule has 0 heterocycles. The van der Waals surface area contributed by atoms with Gasteiger partial charge in [-0.05, 0) is 48.4 Å². The minimum Gasteiger partial charge on any atom is -0.271 e. The number of benzene rings is 1. The van der Waals surface area contributed by atoms with Gasteiger partial charge in [0, 0.05) is 6.04 Å². The van der Waals surface area contributed by atoms with Gasteiger partial charge >= 0.3 is 0 Å². The van der Waals surface area contributed by atoms with Crippen LogP contribution in [0.15, 0.2) is 12.1 Å². The lowest BCUT2D eigenvalue weighted by Gasteiger charge is -2.24. The summed E-state index contributed by atoms with van der Waals surface area (Å²) in [4.78, 5) is 0. The fraction of sp³-hybridized carbons (Fsp3) is 0.571. The molecule has 0 aliphatic heterocycles. The zero-order chi connectivity index (χ0) is 12.5. The molecule has 16 heavy (non-hydrogen) atoms. The fourth-order valence-corrected chi connectivity index (χ4v) is 2.17. The minimum absolute atomic E-state index is 0.202. The molecule has 0 spiro atoms. The van der Waals surface area contributed by atoms with Crippen LogP contribution in [0.4, 0.5) is 0 Å². The van der Waals surface area contributed by atoms with Crippen LogP contribution in [0.25, 0.3) is 0 Å². The summed E-state index contributed by atoms with van der Waals surface area (Å²) in [7, 11) is 0. The molecule has 2 nitrogen and oxygen atoms in total.